The van der Waals surface area contributed by atoms with Crippen LogP contribution in [0.5, 0.6) is 0 Å². The quantitative estimate of drug-likeness (QED) is 0.146. The Kier molecular flexibility index (Phi) is 11.7. The Balaban J connectivity index is 0.000000798. The number of para-hydroxylation sites is 4. The van der Waals surface area contributed by atoms with Crippen LogP contribution in [0, 0.1) is 0 Å². The maximum Gasteiger partial charge on any atom is 0.0541 e. The predicted molar refractivity (Wildman–Crippen MR) is 272 cm³/mol. The first-order valence-electron chi connectivity index (χ1n) is 21.5. The molecule has 3 heteroatoms. The van der Waals surface area contributed by atoms with Crippen molar-refractivity contribution >= 4 is 60.7 Å². The zero-order chi connectivity index (χ0) is 43.1. The van der Waals surface area contributed by atoms with Crippen LogP contribution in [-0.2, 0) is 0 Å². The third-order valence-corrected chi connectivity index (χ3v) is 11.3. The summed E-state index contributed by atoms with van der Waals surface area (Å²) in [7, 11) is 0. The van der Waals surface area contributed by atoms with Gasteiger partial charge in [-0.05, 0) is 127 Å². The largest absolute Gasteiger partial charge is 0.310 e. The van der Waals surface area contributed by atoms with E-state index in [4.69, 9.17) is 0 Å². The average Bonchev–Trinajstić information content (AvgIpc) is 3.85. The first-order valence-corrected chi connectivity index (χ1v) is 21.5. The van der Waals surface area contributed by atoms with E-state index < -0.39 is 0 Å². The average molecular weight is 812 g/mol. The van der Waals surface area contributed by atoms with E-state index in [0.29, 0.717) is 0 Å². The molecule has 2 heterocycles. The Labute approximate surface area is 370 Å². The minimum Gasteiger partial charge on any atom is -0.310 e. The first kappa shape index (κ1) is 40.3. The van der Waals surface area contributed by atoms with Crippen molar-refractivity contribution in [2.45, 2.75) is 13.8 Å². The van der Waals surface area contributed by atoms with E-state index in [0.717, 1.165) is 22.7 Å². The Morgan fingerprint density at radius 1 is 0.317 bits per heavy atom. The smallest absolute Gasteiger partial charge is 0.0541 e. The molecule has 11 aromatic rings. The number of aromatic nitrogens is 2. The lowest BCUT2D eigenvalue weighted by molar-refractivity contribution is 1.17. The van der Waals surface area contributed by atoms with Gasteiger partial charge >= 0.3 is 0 Å². The molecule has 0 amide bonds. The van der Waals surface area contributed by atoms with E-state index in [-0.39, 0.29) is 0 Å². The maximum absolute atomic E-state index is 3.36. The molecule has 0 bridgehead atoms. The van der Waals surface area contributed by atoms with Crippen molar-refractivity contribution in [3.63, 3.8) is 0 Å². The van der Waals surface area contributed by atoms with Crippen molar-refractivity contribution < 1.29 is 0 Å². The summed E-state index contributed by atoms with van der Waals surface area (Å²) < 4.78 is 4.79. The van der Waals surface area contributed by atoms with Crippen molar-refractivity contribution in [1.29, 1.82) is 0 Å². The fourth-order valence-electron chi connectivity index (χ4n) is 8.69. The van der Waals surface area contributed by atoms with Gasteiger partial charge in [0.2, 0.25) is 0 Å². The zero-order valence-electron chi connectivity index (χ0n) is 35.8. The number of allylic oxidation sites excluding steroid dienone is 2. The van der Waals surface area contributed by atoms with Crippen molar-refractivity contribution in [1.82, 2.24) is 9.13 Å². The topological polar surface area (TPSA) is 13.1 Å². The molecular weight excluding hydrogens is 763 g/mol. The third-order valence-electron chi connectivity index (χ3n) is 11.3. The van der Waals surface area contributed by atoms with Crippen LogP contribution in [0.2, 0.25) is 0 Å². The molecule has 0 spiro atoms. The van der Waals surface area contributed by atoms with E-state index >= 15 is 0 Å². The van der Waals surface area contributed by atoms with Crippen molar-refractivity contribution in [3.05, 3.63) is 250 Å². The summed E-state index contributed by atoms with van der Waals surface area (Å²) in [4.78, 5) is 2.35. The van der Waals surface area contributed by atoms with Gasteiger partial charge in [-0.25, -0.2) is 0 Å². The minimum absolute atomic E-state index is 1.09. The molecule has 0 N–H and O–H groups in total. The molecule has 0 saturated carbocycles. The number of hydrogen-bond donors (Lipinski definition) is 0. The van der Waals surface area contributed by atoms with Gasteiger partial charge in [0.05, 0.1) is 22.1 Å². The summed E-state index contributed by atoms with van der Waals surface area (Å²) in [5.74, 6) is 0. The standard InChI is InChI=1S/C54H37N3.2C3H6/c1-4-16-38(17-5-1)39-18-14-23-44(34-39)55(42-19-6-2-7-20-42)45-24-15-25-46(37-45)57-52-29-13-11-27-48(52)50-36-41(31-33-54(50)57)40-30-32-53-49(35-40)47-26-10-12-28-51(47)56(53)43-21-8-3-9-22-43;2*1-3-2/h1-37H;2*3H,1H2,2H3. The lowest BCUT2D eigenvalue weighted by atomic mass is 10.0. The molecule has 0 aliphatic carbocycles. The second-order valence-corrected chi connectivity index (χ2v) is 15.4. The summed E-state index contributed by atoms with van der Waals surface area (Å²) >= 11 is 0. The van der Waals surface area contributed by atoms with Gasteiger partial charge < -0.3 is 14.0 Å². The molecule has 0 atom stereocenters. The lowest BCUT2D eigenvalue weighted by Crippen LogP contribution is -2.10. The van der Waals surface area contributed by atoms with Gasteiger partial charge in [0.15, 0.2) is 0 Å². The fourth-order valence-corrected chi connectivity index (χ4v) is 8.69. The summed E-state index contributed by atoms with van der Waals surface area (Å²) in [6, 6.07) is 81.1. The fraction of sp³-hybridized carbons (Fsp3) is 0.0333. The molecule has 63 heavy (non-hydrogen) atoms. The summed E-state index contributed by atoms with van der Waals surface area (Å²) in [6.45, 7) is 10.5. The van der Waals surface area contributed by atoms with E-state index in [1.54, 1.807) is 12.2 Å². The molecule has 0 saturated heterocycles. The highest BCUT2D eigenvalue weighted by Gasteiger charge is 2.18. The second-order valence-electron chi connectivity index (χ2n) is 15.4. The number of nitrogens with zero attached hydrogens (tertiary/aromatic N) is 3. The van der Waals surface area contributed by atoms with E-state index in [1.165, 1.54) is 71.6 Å². The molecule has 11 rings (SSSR count). The Bertz CT molecular complexity index is 3330. The first-order chi connectivity index (χ1) is 31.1. The monoisotopic (exact) mass is 811 g/mol. The van der Waals surface area contributed by atoms with Crippen LogP contribution in [-0.4, -0.2) is 9.13 Å². The Hall–Kier alpha value is -8.14. The molecule has 0 radical (unpaired) electrons. The summed E-state index contributed by atoms with van der Waals surface area (Å²) in [6.07, 6.45) is 3.50. The number of hydrogen-bond acceptors (Lipinski definition) is 1. The Morgan fingerprint density at radius 2 is 0.698 bits per heavy atom. The molecule has 0 aliphatic rings. The highest BCUT2D eigenvalue weighted by Crippen LogP contribution is 2.41. The summed E-state index contributed by atoms with van der Waals surface area (Å²) in [5, 5.41) is 4.98. The van der Waals surface area contributed by atoms with Gasteiger partial charge in [-0.2, -0.15) is 0 Å². The van der Waals surface area contributed by atoms with Crippen LogP contribution in [0.4, 0.5) is 17.1 Å². The van der Waals surface area contributed by atoms with Crippen LogP contribution in [0.15, 0.2) is 250 Å². The number of anilines is 3. The molecule has 9 aromatic carbocycles. The highest BCUT2D eigenvalue weighted by molar-refractivity contribution is 6.12. The number of benzene rings is 9. The van der Waals surface area contributed by atoms with Crippen LogP contribution in [0.3, 0.4) is 0 Å². The van der Waals surface area contributed by atoms with Gasteiger partial charge in [0.1, 0.15) is 0 Å². The molecule has 2 aromatic heterocycles. The second kappa shape index (κ2) is 18.2. The van der Waals surface area contributed by atoms with Crippen molar-refractivity contribution in [2.24, 2.45) is 0 Å². The van der Waals surface area contributed by atoms with Crippen LogP contribution in [0.1, 0.15) is 13.8 Å². The SMILES string of the molecule is C=CC.C=CC.c1ccc(-c2cccc(N(c3ccccc3)c3cccc(-n4c5ccccc5c5cc(-c6ccc7c(c6)c6ccccc6n7-c6ccccc6)ccc54)c3)c2)cc1. The van der Waals surface area contributed by atoms with Crippen molar-refractivity contribution in [2.75, 3.05) is 4.90 Å². The zero-order valence-corrected chi connectivity index (χ0v) is 35.8. The summed E-state index contributed by atoms with van der Waals surface area (Å²) in [5.41, 5.74) is 15.2. The van der Waals surface area contributed by atoms with Crippen LogP contribution >= 0.6 is 0 Å². The number of fused-ring (bicyclic) bond motifs is 6. The molecule has 0 aliphatic heterocycles. The van der Waals surface area contributed by atoms with Gasteiger partial charge in [0, 0.05) is 50.0 Å². The van der Waals surface area contributed by atoms with E-state index in [1.807, 2.05) is 13.8 Å². The van der Waals surface area contributed by atoms with Gasteiger partial charge in [0.25, 0.3) is 0 Å². The minimum atomic E-state index is 1.09. The normalized spacial score (nSPS) is 10.8. The lowest BCUT2D eigenvalue weighted by Gasteiger charge is -2.26. The van der Waals surface area contributed by atoms with Gasteiger partial charge in [-0.1, -0.05) is 146 Å². The van der Waals surface area contributed by atoms with E-state index in [2.05, 4.69) is 252 Å². The van der Waals surface area contributed by atoms with Gasteiger partial charge in [-0.15, -0.1) is 13.2 Å². The Morgan fingerprint density at radius 3 is 1.27 bits per heavy atom. The molecular formula is C60H49N3. The molecule has 3 nitrogen and oxygen atoms in total. The third kappa shape index (κ3) is 7.85. The molecule has 304 valence electrons. The highest BCUT2D eigenvalue weighted by atomic mass is 15.1. The molecule has 0 unspecified atom stereocenters. The van der Waals surface area contributed by atoms with E-state index in [9.17, 15) is 0 Å². The van der Waals surface area contributed by atoms with Crippen molar-refractivity contribution in [3.8, 4) is 33.6 Å². The number of rotatable bonds is 7. The maximum atomic E-state index is 3.36. The van der Waals surface area contributed by atoms with Gasteiger partial charge in [-0.3, -0.25) is 0 Å². The van der Waals surface area contributed by atoms with Crippen LogP contribution in [0.25, 0.3) is 77.2 Å². The predicted octanol–water partition coefficient (Wildman–Crippen LogP) is 17.1. The van der Waals surface area contributed by atoms with Crippen LogP contribution < -0.4 is 4.90 Å². The molecule has 0 fully saturated rings.